The van der Waals surface area contributed by atoms with Crippen molar-refractivity contribution in [3.8, 4) is 35.0 Å². The van der Waals surface area contributed by atoms with Gasteiger partial charge in [0, 0.05) is 24.8 Å². The molecule has 0 radical (unpaired) electrons. The van der Waals surface area contributed by atoms with Crippen LogP contribution in [0.1, 0.15) is 30.9 Å². The van der Waals surface area contributed by atoms with Crippen LogP contribution in [0.15, 0.2) is 78.0 Å². The second-order valence-corrected chi connectivity index (χ2v) is 11.6. The summed E-state index contributed by atoms with van der Waals surface area (Å²) in [6.45, 7) is 5.90. The number of benzene rings is 2. The van der Waals surface area contributed by atoms with Crippen molar-refractivity contribution in [3.63, 3.8) is 0 Å². The molecular weight excluding hydrogens is 582 g/mol. The van der Waals surface area contributed by atoms with E-state index in [1.54, 1.807) is 36.5 Å². The fourth-order valence-corrected chi connectivity index (χ4v) is 5.17. The fourth-order valence-electron chi connectivity index (χ4n) is 4.23. The normalized spacial score (nSPS) is 13.1. The van der Waals surface area contributed by atoms with Gasteiger partial charge in [-0.15, -0.1) is 0 Å². The molecule has 12 heteroatoms. The van der Waals surface area contributed by atoms with Gasteiger partial charge in [0.2, 0.25) is 11.7 Å². The first-order chi connectivity index (χ1) is 21.3. The zero-order chi connectivity index (χ0) is 30.9. The Kier molecular flexibility index (Phi) is 9.79. The lowest BCUT2D eigenvalue weighted by Gasteiger charge is -2.28. The monoisotopic (exact) mass is 615 g/mol. The number of ether oxygens (including phenoxy) is 4. The van der Waals surface area contributed by atoms with Crippen LogP contribution >= 0.6 is 0 Å². The van der Waals surface area contributed by atoms with Gasteiger partial charge in [0.25, 0.3) is 15.9 Å². The molecule has 0 atom stereocenters. The lowest BCUT2D eigenvalue weighted by molar-refractivity contribution is 0.122. The largest absolute Gasteiger partial charge is 0.493 e. The summed E-state index contributed by atoms with van der Waals surface area (Å²) in [5, 5.41) is -0.173. The minimum atomic E-state index is -4.20. The number of anilines is 2. The highest BCUT2D eigenvalue weighted by Crippen LogP contribution is 2.41. The van der Waals surface area contributed by atoms with Crippen molar-refractivity contribution in [2.45, 2.75) is 24.8 Å². The topological polar surface area (TPSA) is 125 Å². The van der Waals surface area contributed by atoms with E-state index in [0.29, 0.717) is 37.8 Å². The molecule has 11 nitrogen and oxygen atoms in total. The number of aromatic nitrogens is 3. The molecule has 0 saturated carbocycles. The maximum atomic E-state index is 13.6. The van der Waals surface area contributed by atoms with Gasteiger partial charge in [0.1, 0.15) is 0 Å². The SMILES string of the molecule is COc1ccccc1Oc1c(NS(=O)(=O)c2ccc(C(C)C)cn2)nc(N2CCOCC2)nc1OCC#Cc1ccccc1. The highest BCUT2D eigenvalue weighted by Gasteiger charge is 2.27. The van der Waals surface area contributed by atoms with Crippen molar-refractivity contribution in [1.82, 2.24) is 15.0 Å². The average molecular weight is 616 g/mol. The third kappa shape index (κ3) is 7.55. The predicted molar refractivity (Wildman–Crippen MR) is 166 cm³/mol. The highest BCUT2D eigenvalue weighted by molar-refractivity contribution is 7.92. The average Bonchev–Trinajstić information content (AvgIpc) is 3.05. The Morgan fingerprint density at radius 1 is 0.977 bits per heavy atom. The van der Waals surface area contributed by atoms with E-state index in [0.717, 1.165) is 11.1 Å². The number of hydrogen-bond donors (Lipinski definition) is 1. The van der Waals surface area contributed by atoms with E-state index in [2.05, 4.69) is 31.5 Å². The van der Waals surface area contributed by atoms with Crippen LogP contribution in [-0.4, -0.2) is 63.4 Å². The van der Waals surface area contributed by atoms with E-state index in [-0.39, 0.29) is 40.9 Å². The predicted octanol–water partition coefficient (Wildman–Crippen LogP) is 4.86. The van der Waals surface area contributed by atoms with Crippen molar-refractivity contribution in [2.75, 3.05) is 49.6 Å². The molecule has 5 rings (SSSR count). The van der Waals surface area contributed by atoms with Crippen molar-refractivity contribution in [3.05, 3.63) is 84.1 Å². The number of methoxy groups -OCH3 is 1. The van der Waals surface area contributed by atoms with Crippen LogP contribution in [0.5, 0.6) is 23.1 Å². The summed E-state index contributed by atoms with van der Waals surface area (Å²) >= 11 is 0. The maximum Gasteiger partial charge on any atom is 0.280 e. The van der Waals surface area contributed by atoms with Crippen LogP contribution in [0.2, 0.25) is 0 Å². The van der Waals surface area contributed by atoms with Gasteiger partial charge in [-0.2, -0.15) is 18.4 Å². The molecule has 2 aromatic carbocycles. The standard InChI is InChI=1S/C32H33N5O6S/c1-23(2)25-15-16-28(33-22-25)44(38,39)36-30-29(43-27-14-8-7-13-26(27)40-3)31(35-32(34-30)37-17-20-41-21-18-37)42-19-9-12-24-10-5-4-6-11-24/h4-8,10-11,13-16,22-23H,17-21H2,1-3H3,(H,34,35,36). The van der Waals surface area contributed by atoms with Gasteiger partial charge in [-0.05, 0) is 41.8 Å². The minimum absolute atomic E-state index is 0.00410. The molecule has 3 heterocycles. The Labute approximate surface area is 257 Å². The zero-order valence-corrected chi connectivity index (χ0v) is 25.5. The van der Waals surface area contributed by atoms with E-state index in [9.17, 15) is 8.42 Å². The summed E-state index contributed by atoms with van der Waals surface area (Å²) in [6, 6.07) is 19.6. The fraction of sp³-hybridized carbons (Fsp3) is 0.281. The van der Waals surface area contributed by atoms with Crippen molar-refractivity contribution in [2.24, 2.45) is 0 Å². The molecule has 4 aromatic rings. The number of nitrogens with zero attached hydrogens (tertiary/aromatic N) is 4. The zero-order valence-electron chi connectivity index (χ0n) is 24.7. The Balaban J connectivity index is 1.58. The molecule has 2 aromatic heterocycles. The summed E-state index contributed by atoms with van der Waals surface area (Å²) in [6.07, 6.45) is 1.55. The molecule has 1 aliphatic heterocycles. The second-order valence-electron chi connectivity index (χ2n) is 10.0. The van der Waals surface area contributed by atoms with E-state index < -0.39 is 10.0 Å². The number of pyridine rings is 1. The number of nitrogens with one attached hydrogen (secondary N) is 1. The summed E-state index contributed by atoms with van der Waals surface area (Å²) < 4.78 is 53.0. The quantitative estimate of drug-likeness (QED) is 0.247. The molecule has 0 amide bonds. The lowest BCUT2D eigenvalue weighted by atomic mass is 10.1. The van der Waals surface area contributed by atoms with Crippen molar-refractivity contribution >= 4 is 21.8 Å². The van der Waals surface area contributed by atoms with Crippen LogP contribution in [0.3, 0.4) is 0 Å². The first-order valence-corrected chi connectivity index (χ1v) is 15.5. The maximum absolute atomic E-state index is 13.6. The van der Waals surface area contributed by atoms with Crippen LogP contribution < -0.4 is 23.8 Å². The molecule has 1 aliphatic rings. The number of para-hydroxylation sites is 2. The Bertz CT molecular complexity index is 1730. The minimum Gasteiger partial charge on any atom is -0.493 e. The molecule has 228 valence electrons. The molecule has 0 unspecified atom stereocenters. The summed E-state index contributed by atoms with van der Waals surface area (Å²) in [7, 11) is -2.69. The van der Waals surface area contributed by atoms with E-state index >= 15 is 0 Å². The number of rotatable bonds is 10. The van der Waals surface area contributed by atoms with Gasteiger partial charge < -0.3 is 23.8 Å². The summed E-state index contributed by atoms with van der Waals surface area (Å²) in [5.41, 5.74) is 1.73. The highest BCUT2D eigenvalue weighted by atomic mass is 32.2. The number of sulfonamides is 1. The second kappa shape index (κ2) is 14.1. The van der Waals surface area contributed by atoms with Gasteiger partial charge in [-0.1, -0.05) is 62.1 Å². The van der Waals surface area contributed by atoms with Crippen LogP contribution in [0.4, 0.5) is 11.8 Å². The molecule has 0 spiro atoms. The van der Waals surface area contributed by atoms with E-state index in [1.807, 2.05) is 49.1 Å². The van der Waals surface area contributed by atoms with Gasteiger partial charge in [-0.3, -0.25) is 4.72 Å². The van der Waals surface area contributed by atoms with Gasteiger partial charge in [-0.25, -0.2) is 4.98 Å². The van der Waals surface area contributed by atoms with Crippen LogP contribution in [0.25, 0.3) is 0 Å². The van der Waals surface area contributed by atoms with Crippen LogP contribution in [0, 0.1) is 11.8 Å². The molecular formula is C32H33N5O6S. The summed E-state index contributed by atoms with van der Waals surface area (Å²) in [5.74, 6) is 6.97. The van der Waals surface area contributed by atoms with E-state index in [1.165, 1.54) is 13.2 Å². The van der Waals surface area contributed by atoms with Gasteiger partial charge in [0.05, 0.1) is 20.3 Å². The third-order valence-corrected chi connectivity index (χ3v) is 7.87. The van der Waals surface area contributed by atoms with Crippen molar-refractivity contribution < 1.29 is 27.4 Å². The smallest absolute Gasteiger partial charge is 0.280 e. The lowest BCUT2D eigenvalue weighted by Crippen LogP contribution is -2.37. The molecule has 1 fully saturated rings. The molecule has 1 N–H and O–H groups in total. The van der Waals surface area contributed by atoms with Gasteiger partial charge in [0.15, 0.2) is 28.9 Å². The number of hydrogen-bond acceptors (Lipinski definition) is 10. The molecule has 44 heavy (non-hydrogen) atoms. The summed E-state index contributed by atoms with van der Waals surface area (Å²) in [4.78, 5) is 15.3. The first kappa shape index (κ1) is 30.6. The van der Waals surface area contributed by atoms with Gasteiger partial charge >= 0.3 is 0 Å². The van der Waals surface area contributed by atoms with Crippen LogP contribution in [-0.2, 0) is 14.8 Å². The molecule has 0 bridgehead atoms. The Hall–Kier alpha value is -4.86. The Morgan fingerprint density at radius 2 is 1.70 bits per heavy atom. The Morgan fingerprint density at radius 3 is 2.39 bits per heavy atom. The molecule has 0 aliphatic carbocycles. The van der Waals surface area contributed by atoms with E-state index in [4.69, 9.17) is 18.9 Å². The molecule has 1 saturated heterocycles. The van der Waals surface area contributed by atoms with Crippen molar-refractivity contribution in [1.29, 1.82) is 0 Å². The number of morpholine rings is 1. The third-order valence-electron chi connectivity index (χ3n) is 6.62. The first-order valence-electron chi connectivity index (χ1n) is 14.0.